The van der Waals surface area contributed by atoms with Gasteiger partial charge in [0, 0.05) is 17.1 Å². The summed E-state index contributed by atoms with van der Waals surface area (Å²) in [5, 5.41) is 15.0. The van der Waals surface area contributed by atoms with E-state index in [1.54, 1.807) is 12.1 Å². The Morgan fingerprint density at radius 2 is 2.28 bits per heavy atom. The number of rotatable bonds is 5. The Morgan fingerprint density at radius 3 is 3.00 bits per heavy atom. The van der Waals surface area contributed by atoms with Crippen LogP contribution in [-0.2, 0) is 13.1 Å². The van der Waals surface area contributed by atoms with Gasteiger partial charge >= 0.3 is 0 Å². The maximum absolute atomic E-state index is 13.5. The molecule has 0 fully saturated rings. The van der Waals surface area contributed by atoms with Gasteiger partial charge in [0.15, 0.2) is 0 Å². The predicted molar refractivity (Wildman–Crippen MR) is 66.8 cm³/mol. The monoisotopic (exact) mass is 269 g/mol. The number of hydrogen-bond acceptors (Lipinski definition) is 4. The molecule has 0 spiro atoms. The zero-order valence-electron chi connectivity index (χ0n) is 9.90. The van der Waals surface area contributed by atoms with E-state index >= 15 is 0 Å². The molecule has 2 aromatic rings. The first-order valence-corrected chi connectivity index (χ1v) is 6.03. The van der Waals surface area contributed by atoms with E-state index in [9.17, 15) is 4.39 Å². The molecule has 0 saturated heterocycles. The summed E-state index contributed by atoms with van der Waals surface area (Å²) in [4.78, 5) is 1.49. The second kappa shape index (κ2) is 5.77. The molecule has 1 heterocycles. The van der Waals surface area contributed by atoms with Gasteiger partial charge in [-0.3, -0.25) is 0 Å². The lowest BCUT2D eigenvalue weighted by Crippen LogP contribution is -2.05. The highest BCUT2D eigenvalue weighted by Crippen LogP contribution is 2.19. The van der Waals surface area contributed by atoms with Crippen molar-refractivity contribution >= 4 is 17.5 Å². The number of nitrogens with one attached hydrogen (secondary N) is 1. The van der Waals surface area contributed by atoms with E-state index in [1.165, 1.54) is 10.9 Å². The van der Waals surface area contributed by atoms with Gasteiger partial charge in [0.1, 0.15) is 5.82 Å². The molecule has 2 rings (SSSR count). The van der Waals surface area contributed by atoms with Gasteiger partial charge < -0.3 is 5.32 Å². The van der Waals surface area contributed by atoms with Crippen LogP contribution in [0.2, 0.25) is 5.02 Å². The van der Waals surface area contributed by atoms with Crippen LogP contribution in [0.3, 0.4) is 0 Å². The van der Waals surface area contributed by atoms with Crippen LogP contribution in [0.15, 0.2) is 18.2 Å². The number of tetrazole rings is 1. The van der Waals surface area contributed by atoms with E-state index in [-0.39, 0.29) is 12.4 Å². The van der Waals surface area contributed by atoms with Gasteiger partial charge in [-0.05, 0) is 23.8 Å². The number of aromatic nitrogens is 4. The zero-order valence-corrected chi connectivity index (χ0v) is 10.7. The van der Waals surface area contributed by atoms with Gasteiger partial charge in [0.05, 0.1) is 6.54 Å². The summed E-state index contributed by atoms with van der Waals surface area (Å²) in [6.45, 7) is 2.95. The van der Waals surface area contributed by atoms with Crippen molar-refractivity contribution in [2.75, 3.05) is 5.32 Å². The van der Waals surface area contributed by atoms with Crippen LogP contribution in [-0.4, -0.2) is 20.2 Å². The van der Waals surface area contributed by atoms with Crippen LogP contribution in [0.4, 0.5) is 10.3 Å². The number of nitrogens with zero attached hydrogens (tertiary/aromatic N) is 4. The summed E-state index contributed by atoms with van der Waals surface area (Å²) in [6.07, 6.45) is 0.926. The lowest BCUT2D eigenvalue weighted by Gasteiger charge is -2.05. The Hall–Kier alpha value is -1.69. The minimum absolute atomic E-state index is 0.226. The summed E-state index contributed by atoms with van der Waals surface area (Å²) < 4.78 is 13.5. The number of hydrogen-bond donors (Lipinski definition) is 1. The average Bonchev–Trinajstić information content (AvgIpc) is 2.77. The molecular formula is C11H13ClFN5. The molecule has 0 aliphatic carbocycles. The molecule has 0 unspecified atom stereocenters. The molecule has 5 nitrogen and oxygen atoms in total. The average molecular weight is 270 g/mol. The SMILES string of the molecule is CCCn1nnc(NCc2c(F)cccc2Cl)n1. The summed E-state index contributed by atoms with van der Waals surface area (Å²) in [5.74, 6) is 0.0127. The lowest BCUT2D eigenvalue weighted by atomic mass is 10.2. The lowest BCUT2D eigenvalue weighted by molar-refractivity contribution is 0.515. The van der Waals surface area contributed by atoms with Crippen molar-refractivity contribution in [1.82, 2.24) is 20.2 Å². The van der Waals surface area contributed by atoms with Gasteiger partial charge in [-0.2, -0.15) is 4.80 Å². The van der Waals surface area contributed by atoms with E-state index in [4.69, 9.17) is 11.6 Å². The van der Waals surface area contributed by atoms with Gasteiger partial charge in [-0.25, -0.2) is 4.39 Å². The number of aryl methyl sites for hydroxylation is 1. The van der Waals surface area contributed by atoms with Crippen molar-refractivity contribution in [3.8, 4) is 0 Å². The van der Waals surface area contributed by atoms with E-state index < -0.39 is 0 Å². The van der Waals surface area contributed by atoms with Gasteiger partial charge in [-0.15, -0.1) is 5.10 Å². The van der Waals surface area contributed by atoms with E-state index in [2.05, 4.69) is 20.7 Å². The van der Waals surface area contributed by atoms with Gasteiger partial charge in [0.25, 0.3) is 5.95 Å². The number of halogens is 2. The Balaban J connectivity index is 2.02. The molecule has 7 heteroatoms. The summed E-state index contributed by atoms with van der Waals surface area (Å²) in [6, 6.07) is 4.57. The normalized spacial score (nSPS) is 10.6. The third kappa shape index (κ3) is 2.95. The molecule has 0 radical (unpaired) electrons. The highest BCUT2D eigenvalue weighted by molar-refractivity contribution is 6.31. The molecule has 0 aliphatic heterocycles. The van der Waals surface area contributed by atoms with Gasteiger partial charge in [-0.1, -0.05) is 29.7 Å². The van der Waals surface area contributed by atoms with Crippen molar-refractivity contribution in [2.24, 2.45) is 0 Å². The fourth-order valence-corrected chi connectivity index (χ4v) is 1.71. The third-order valence-electron chi connectivity index (χ3n) is 2.36. The first kappa shape index (κ1) is 12.8. The van der Waals surface area contributed by atoms with Crippen LogP contribution in [0.25, 0.3) is 0 Å². The molecule has 0 saturated carbocycles. The van der Waals surface area contributed by atoms with E-state index in [0.717, 1.165) is 6.42 Å². The smallest absolute Gasteiger partial charge is 0.263 e. The minimum atomic E-state index is -0.351. The Morgan fingerprint density at radius 1 is 1.44 bits per heavy atom. The van der Waals surface area contributed by atoms with Crippen LogP contribution in [0.5, 0.6) is 0 Å². The minimum Gasteiger partial charge on any atom is -0.347 e. The molecule has 0 atom stereocenters. The Labute approximate surface area is 109 Å². The molecule has 0 amide bonds. The highest BCUT2D eigenvalue weighted by Gasteiger charge is 2.08. The zero-order chi connectivity index (χ0) is 13.0. The van der Waals surface area contributed by atoms with Crippen LogP contribution in [0, 0.1) is 5.82 Å². The first-order chi connectivity index (χ1) is 8.70. The first-order valence-electron chi connectivity index (χ1n) is 5.65. The standard InChI is InChI=1S/C11H13ClFN5/c1-2-6-18-16-11(15-17-18)14-7-8-9(12)4-3-5-10(8)13/h3-5H,2,6-7H2,1H3,(H,14,16). The van der Waals surface area contributed by atoms with Crippen molar-refractivity contribution in [3.63, 3.8) is 0 Å². The maximum Gasteiger partial charge on any atom is 0.263 e. The predicted octanol–water partition coefficient (Wildman–Crippen LogP) is 2.49. The van der Waals surface area contributed by atoms with Crippen molar-refractivity contribution in [2.45, 2.75) is 26.4 Å². The van der Waals surface area contributed by atoms with E-state index in [0.29, 0.717) is 23.1 Å². The topological polar surface area (TPSA) is 55.6 Å². The highest BCUT2D eigenvalue weighted by atomic mass is 35.5. The molecule has 96 valence electrons. The Kier molecular flexibility index (Phi) is 4.09. The molecule has 0 bridgehead atoms. The molecule has 0 aliphatic rings. The fraction of sp³-hybridized carbons (Fsp3) is 0.364. The molecule has 1 aromatic heterocycles. The second-order valence-electron chi connectivity index (χ2n) is 3.76. The molecule has 1 aromatic carbocycles. The second-order valence-corrected chi connectivity index (χ2v) is 4.17. The van der Waals surface area contributed by atoms with Crippen LogP contribution in [0.1, 0.15) is 18.9 Å². The summed E-state index contributed by atoms with van der Waals surface area (Å²) in [7, 11) is 0. The quantitative estimate of drug-likeness (QED) is 0.906. The summed E-state index contributed by atoms with van der Waals surface area (Å²) in [5.41, 5.74) is 0.394. The molecule has 18 heavy (non-hydrogen) atoms. The van der Waals surface area contributed by atoms with Gasteiger partial charge in [0.2, 0.25) is 0 Å². The largest absolute Gasteiger partial charge is 0.347 e. The molecule has 1 N–H and O–H groups in total. The third-order valence-corrected chi connectivity index (χ3v) is 2.72. The number of anilines is 1. The number of benzene rings is 1. The van der Waals surface area contributed by atoms with Crippen molar-refractivity contribution < 1.29 is 4.39 Å². The molecular weight excluding hydrogens is 257 g/mol. The van der Waals surface area contributed by atoms with Crippen LogP contribution >= 0.6 is 11.6 Å². The van der Waals surface area contributed by atoms with Crippen molar-refractivity contribution in [3.05, 3.63) is 34.6 Å². The van der Waals surface area contributed by atoms with Crippen LogP contribution < -0.4 is 5.32 Å². The van der Waals surface area contributed by atoms with E-state index in [1.807, 2.05) is 6.92 Å². The fourth-order valence-electron chi connectivity index (χ4n) is 1.48. The Bertz CT molecular complexity index is 508. The maximum atomic E-state index is 13.5. The van der Waals surface area contributed by atoms with Crippen molar-refractivity contribution in [1.29, 1.82) is 0 Å². The summed E-state index contributed by atoms with van der Waals surface area (Å²) >= 11 is 5.91.